The zero-order valence-electron chi connectivity index (χ0n) is 16.5. The number of benzene rings is 1. The van der Waals surface area contributed by atoms with Crippen LogP contribution in [0.3, 0.4) is 0 Å². The predicted molar refractivity (Wildman–Crippen MR) is 111 cm³/mol. The molecule has 29 heavy (non-hydrogen) atoms. The molecule has 1 aromatic carbocycles. The first-order valence-electron chi connectivity index (χ1n) is 9.91. The fraction of sp³-hybridized carbons (Fsp3) is 0.429. The summed E-state index contributed by atoms with van der Waals surface area (Å²) in [6.45, 7) is 3.73. The Labute approximate surface area is 171 Å². The van der Waals surface area contributed by atoms with Gasteiger partial charge in [-0.05, 0) is 37.6 Å². The van der Waals surface area contributed by atoms with E-state index >= 15 is 0 Å². The van der Waals surface area contributed by atoms with Gasteiger partial charge in [-0.2, -0.15) is 0 Å². The largest absolute Gasteiger partial charge is 0.490 e. The standard InChI is InChI=1S/C21H25N3O4S/c1-16-3-6-18(7-4-16)28-19-9-12-23(13-10-19)21(25)17-5-8-20(22-15-17)24-11-2-14-29(24,26)27/h3-8,15,19H,2,9-14H2,1H3. The molecule has 0 aliphatic carbocycles. The second kappa shape index (κ2) is 8.02. The molecule has 2 fully saturated rings. The van der Waals surface area contributed by atoms with E-state index in [1.807, 2.05) is 31.2 Å². The zero-order chi connectivity index (χ0) is 20.4. The van der Waals surface area contributed by atoms with Gasteiger partial charge >= 0.3 is 0 Å². The molecular formula is C21H25N3O4S. The Balaban J connectivity index is 1.34. The summed E-state index contributed by atoms with van der Waals surface area (Å²) in [6, 6.07) is 11.3. The second-order valence-electron chi connectivity index (χ2n) is 7.57. The number of anilines is 1. The Kier molecular flexibility index (Phi) is 5.45. The summed E-state index contributed by atoms with van der Waals surface area (Å²) < 4.78 is 31.3. The summed E-state index contributed by atoms with van der Waals surface area (Å²) in [5.74, 6) is 1.30. The van der Waals surface area contributed by atoms with Gasteiger partial charge in [-0.15, -0.1) is 0 Å². The maximum absolute atomic E-state index is 12.8. The summed E-state index contributed by atoms with van der Waals surface area (Å²) >= 11 is 0. The number of aryl methyl sites for hydroxylation is 1. The molecule has 0 unspecified atom stereocenters. The summed E-state index contributed by atoms with van der Waals surface area (Å²) in [5, 5.41) is 0. The van der Waals surface area contributed by atoms with E-state index in [-0.39, 0.29) is 17.8 Å². The number of nitrogens with zero attached hydrogens (tertiary/aromatic N) is 3. The lowest BCUT2D eigenvalue weighted by atomic mass is 10.1. The van der Waals surface area contributed by atoms with Crippen LogP contribution in [-0.2, 0) is 10.0 Å². The fourth-order valence-electron chi connectivity index (χ4n) is 3.73. The molecule has 2 aliphatic rings. The molecule has 0 spiro atoms. The smallest absolute Gasteiger partial charge is 0.255 e. The van der Waals surface area contributed by atoms with Gasteiger partial charge in [0.15, 0.2) is 0 Å². The summed E-state index contributed by atoms with van der Waals surface area (Å²) in [4.78, 5) is 18.8. The number of ether oxygens (including phenoxy) is 1. The second-order valence-corrected chi connectivity index (χ2v) is 9.58. The Morgan fingerprint density at radius 1 is 1.07 bits per heavy atom. The molecule has 0 N–H and O–H groups in total. The van der Waals surface area contributed by atoms with Crippen molar-refractivity contribution in [3.63, 3.8) is 0 Å². The van der Waals surface area contributed by atoms with E-state index in [2.05, 4.69) is 4.98 Å². The normalized spacial score (nSPS) is 19.3. The number of piperidine rings is 1. The minimum atomic E-state index is -3.27. The van der Waals surface area contributed by atoms with Crippen molar-refractivity contribution in [2.75, 3.05) is 29.7 Å². The summed E-state index contributed by atoms with van der Waals surface area (Å²) in [6.07, 6.45) is 3.72. The third-order valence-corrected chi connectivity index (χ3v) is 7.25. The number of rotatable bonds is 4. The van der Waals surface area contributed by atoms with Crippen LogP contribution in [0, 0.1) is 6.92 Å². The van der Waals surface area contributed by atoms with E-state index in [9.17, 15) is 13.2 Å². The molecule has 0 atom stereocenters. The van der Waals surface area contributed by atoms with Crippen molar-refractivity contribution in [3.05, 3.63) is 53.7 Å². The van der Waals surface area contributed by atoms with Crippen LogP contribution in [0.25, 0.3) is 0 Å². The van der Waals surface area contributed by atoms with Gasteiger partial charge in [0.05, 0.1) is 11.3 Å². The molecule has 7 nitrogen and oxygen atoms in total. The van der Waals surface area contributed by atoms with Crippen LogP contribution in [-0.4, -0.2) is 55.7 Å². The first-order chi connectivity index (χ1) is 13.9. The number of sulfonamides is 1. The molecule has 0 radical (unpaired) electrons. The zero-order valence-corrected chi connectivity index (χ0v) is 17.3. The van der Waals surface area contributed by atoms with Gasteiger partial charge in [-0.1, -0.05) is 17.7 Å². The van der Waals surface area contributed by atoms with Crippen LogP contribution in [0.4, 0.5) is 5.82 Å². The van der Waals surface area contributed by atoms with Crippen molar-refractivity contribution in [2.45, 2.75) is 32.3 Å². The molecule has 0 bridgehead atoms. The van der Waals surface area contributed by atoms with Gasteiger partial charge in [0, 0.05) is 38.7 Å². The SMILES string of the molecule is Cc1ccc(OC2CCN(C(=O)c3ccc(N4CCCS4(=O)=O)nc3)CC2)cc1. The molecule has 2 aromatic rings. The number of carbonyl (C=O) groups is 1. The van der Waals surface area contributed by atoms with E-state index in [0.717, 1.165) is 18.6 Å². The highest BCUT2D eigenvalue weighted by molar-refractivity contribution is 7.93. The average molecular weight is 416 g/mol. The van der Waals surface area contributed by atoms with Crippen LogP contribution in [0.1, 0.15) is 35.2 Å². The van der Waals surface area contributed by atoms with Crippen LogP contribution in [0.15, 0.2) is 42.6 Å². The average Bonchev–Trinajstić information content (AvgIpc) is 3.09. The lowest BCUT2D eigenvalue weighted by Crippen LogP contribution is -2.41. The van der Waals surface area contributed by atoms with Gasteiger partial charge in [-0.3, -0.25) is 9.10 Å². The highest BCUT2D eigenvalue weighted by Gasteiger charge is 2.30. The summed E-state index contributed by atoms with van der Waals surface area (Å²) in [7, 11) is -3.27. The molecule has 3 heterocycles. The van der Waals surface area contributed by atoms with Gasteiger partial charge in [0.25, 0.3) is 5.91 Å². The number of amides is 1. The summed E-state index contributed by atoms with van der Waals surface area (Å²) in [5.41, 5.74) is 1.67. The first kappa shape index (κ1) is 19.7. The van der Waals surface area contributed by atoms with Crippen molar-refractivity contribution in [1.82, 2.24) is 9.88 Å². The van der Waals surface area contributed by atoms with Gasteiger partial charge in [0.1, 0.15) is 17.7 Å². The minimum Gasteiger partial charge on any atom is -0.490 e. The first-order valence-corrected chi connectivity index (χ1v) is 11.5. The third kappa shape index (κ3) is 4.37. The number of likely N-dealkylation sites (tertiary alicyclic amines) is 1. The van der Waals surface area contributed by atoms with E-state index in [1.165, 1.54) is 16.1 Å². The Morgan fingerprint density at radius 3 is 2.38 bits per heavy atom. The van der Waals surface area contributed by atoms with Crippen molar-refractivity contribution in [1.29, 1.82) is 0 Å². The van der Waals surface area contributed by atoms with E-state index in [1.54, 1.807) is 17.0 Å². The molecule has 154 valence electrons. The van der Waals surface area contributed by atoms with Crippen molar-refractivity contribution >= 4 is 21.7 Å². The maximum atomic E-state index is 12.8. The third-order valence-electron chi connectivity index (χ3n) is 5.40. The molecular weight excluding hydrogens is 390 g/mol. The molecule has 0 saturated carbocycles. The lowest BCUT2D eigenvalue weighted by molar-refractivity contribution is 0.0595. The van der Waals surface area contributed by atoms with Crippen LogP contribution < -0.4 is 9.04 Å². The molecule has 1 aromatic heterocycles. The lowest BCUT2D eigenvalue weighted by Gasteiger charge is -2.32. The highest BCUT2D eigenvalue weighted by atomic mass is 32.2. The van der Waals surface area contributed by atoms with Crippen LogP contribution >= 0.6 is 0 Å². The molecule has 1 amide bonds. The molecule has 8 heteroatoms. The molecule has 2 aliphatic heterocycles. The Bertz CT molecular complexity index is 966. The Morgan fingerprint density at radius 2 is 1.79 bits per heavy atom. The fourth-order valence-corrected chi connectivity index (χ4v) is 5.24. The Hall–Kier alpha value is -2.61. The van der Waals surface area contributed by atoms with Crippen molar-refractivity contribution in [3.8, 4) is 5.75 Å². The van der Waals surface area contributed by atoms with Gasteiger partial charge < -0.3 is 9.64 Å². The molecule has 2 saturated heterocycles. The number of hydrogen-bond donors (Lipinski definition) is 0. The molecule has 4 rings (SSSR count). The number of carbonyl (C=O) groups excluding carboxylic acids is 1. The van der Waals surface area contributed by atoms with E-state index < -0.39 is 10.0 Å². The van der Waals surface area contributed by atoms with Gasteiger partial charge in [-0.25, -0.2) is 13.4 Å². The minimum absolute atomic E-state index is 0.0814. The van der Waals surface area contributed by atoms with E-state index in [0.29, 0.717) is 37.4 Å². The van der Waals surface area contributed by atoms with E-state index in [4.69, 9.17) is 4.74 Å². The number of aromatic nitrogens is 1. The number of pyridine rings is 1. The maximum Gasteiger partial charge on any atom is 0.255 e. The topological polar surface area (TPSA) is 79.8 Å². The predicted octanol–water partition coefficient (Wildman–Crippen LogP) is 2.61. The van der Waals surface area contributed by atoms with Crippen LogP contribution in [0.2, 0.25) is 0 Å². The quantitative estimate of drug-likeness (QED) is 0.767. The highest BCUT2D eigenvalue weighted by Crippen LogP contribution is 2.23. The van der Waals surface area contributed by atoms with Crippen LogP contribution in [0.5, 0.6) is 5.75 Å². The monoisotopic (exact) mass is 415 g/mol. The van der Waals surface area contributed by atoms with Crippen molar-refractivity contribution in [2.24, 2.45) is 0 Å². The number of hydrogen-bond acceptors (Lipinski definition) is 5. The van der Waals surface area contributed by atoms with Crippen molar-refractivity contribution < 1.29 is 17.9 Å². The van der Waals surface area contributed by atoms with Gasteiger partial charge in [0.2, 0.25) is 10.0 Å².